The number of carbonyl (C=O) groups is 1. The molecule has 0 spiro atoms. The van der Waals surface area contributed by atoms with E-state index in [-0.39, 0.29) is 17.6 Å². The third-order valence-electron chi connectivity index (χ3n) is 3.40. The van der Waals surface area contributed by atoms with Gasteiger partial charge in [0.15, 0.2) is 5.78 Å². The zero-order valence-corrected chi connectivity index (χ0v) is 9.80. The van der Waals surface area contributed by atoms with Crippen LogP contribution < -0.4 is 0 Å². The van der Waals surface area contributed by atoms with Crippen molar-refractivity contribution in [2.24, 2.45) is 5.16 Å². The van der Waals surface area contributed by atoms with Gasteiger partial charge >= 0.3 is 0 Å². The summed E-state index contributed by atoms with van der Waals surface area (Å²) in [5.41, 5.74) is 1.59. The molecule has 2 aliphatic rings. The van der Waals surface area contributed by atoms with Gasteiger partial charge in [0.2, 0.25) is 5.90 Å². The lowest BCUT2D eigenvalue weighted by molar-refractivity contribution is -0.116. The number of ether oxygens (including phenoxy) is 1. The second-order valence-corrected chi connectivity index (χ2v) is 4.50. The maximum absolute atomic E-state index is 12.0. The second kappa shape index (κ2) is 4.29. The van der Waals surface area contributed by atoms with E-state index in [0.717, 1.165) is 18.4 Å². The van der Waals surface area contributed by atoms with Gasteiger partial charge in [-0.25, -0.2) is 0 Å². The van der Waals surface area contributed by atoms with Crippen LogP contribution >= 0.6 is 0 Å². The number of allylic oxidation sites excluding steroid dienone is 1. The topological polar surface area (TPSA) is 58.9 Å². The molecule has 0 unspecified atom stereocenters. The predicted octanol–water partition coefficient (Wildman–Crippen LogP) is 2.60. The number of hydrogen-bond donors (Lipinski definition) is 1. The van der Waals surface area contributed by atoms with E-state index in [2.05, 4.69) is 5.16 Å². The van der Waals surface area contributed by atoms with Crippen LogP contribution in [0.25, 0.3) is 0 Å². The van der Waals surface area contributed by atoms with E-state index in [1.807, 2.05) is 30.3 Å². The van der Waals surface area contributed by atoms with E-state index in [1.165, 1.54) is 0 Å². The number of oxime groups is 1. The lowest BCUT2D eigenvalue weighted by atomic mass is 9.84. The Kier molecular flexibility index (Phi) is 2.63. The molecule has 1 aliphatic carbocycles. The Balaban J connectivity index is 2.10. The van der Waals surface area contributed by atoms with Gasteiger partial charge in [-0.3, -0.25) is 4.79 Å². The number of rotatable bonds is 1. The molecule has 0 bridgehead atoms. The van der Waals surface area contributed by atoms with Crippen molar-refractivity contribution in [1.29, 1.82) is 0 Å². The van der Waals surface area contributed by atoms with E-state index < -0.39 is 0 Å². The summed E-state index contributed by atoms with van der Waals surface area (Å²) in [6, 6.07) is 9.54. The number of carbonyl (C=O) groups excluding carboxylic acids is 1. The van der Waals surface area contributed by atoms with Gasteiger partial charge in [0, 0.05) is 12.8 Å². The third kappa shape index (κ3) is 1.61. The first-order chi connectivity index (χ1) is 8.81. The smallest absolute Gasteiger partial charge is 0.242 e. The Morgan fingerprint density at radius 2 is 2.00 bits per heavy atom. The Morgan fingerprint density at radius 3 is 2.72 bits per heavy atom. The van der Waals surface area contributed by atoms with Gasteiger partial charge < -0.3 is 9.94 Å². The Hall–Kier alpha value is -2.10. The van der Waals surface area contributed by atoms with Crippen molar-refractivity contribution in [3.8, 4) is 0 Å². The summed E-state index contributed by atoms with van der Waals surface area (Å²) in [4.78, 5) is 12.0. The lowest BCUT2D eigenvalue weighted by Gasteiger charge is -2.14. The number of benzene rings is 1. The van der Waals surface area contributed by atoms with Crippen molar-refractivity contribution in [2.75, 3.05) is 0 Å². The fourth-order valence-corrected chi connectivity index (χ4v) is 2.60. The van der Waals surface area contributed by atoms with Crippen LogP contribution in [0, 0.1) is 0 Å². The Labute approximate surface area is 105 Å². The van der Waals surface area contributed by atoms with Gasteiger partial charge in [-0.2, -0.15) is 0 Å². The molecule has 0 amide bonds. The first-order valence-electron chi connectivity index (χ1n) is 6.02. The fraction of sp³-hybridized carbons (Fsp3) is 0.286. The van der Waals surface area contributed by atoms with Gasteiger partial charge in [-0.05, 0) is 12.0 Å². The van der Waals surface area contributed by atoms with Crippen LogP contribution in [-0.2, 0) is 9.53 Å². The molecule has 0 saturated carbocycles. The highest BCUT2D eigenvalue weighted by atomic mass is 16.5. The van der Waals surface area contributed by atoms with E-state index in [1.54, 1.807) is 0 Å². The zero-order valence-electron chi connectivity index (χ0n) is 9.80. The van der Waals surface area contributed by atoms with Crippen LogP contribution in [-0.4, -0.2) is 16.9 Å². The Morgan fingerprint density at radius 1 is 1.22 bits per heavy atom. The minimum atomic E-state index is -0.348. The highest BCUT2D eigenvalue weighted by Gasteiger charge is 2.40. The van der Waals surface area contributed by atoms with Gasteiger partial charge in [0.1, 0.15) is 5.76 Å². The maximum atomic E-state index is 12.0. The largest absolute Gasteiger partial charge is 0.443 e. The summed E-state index contributed by atoms with van der Waals surface area (Å²) in [6.45, 7) is 0. The quantitative estimate of drug-likeness (QED) is 0.609. The highest BCUT2D eigenvalue weighted by Crippen LogP contribution is 2.41. The predicted molar refractivity (Wildman–Crippen MR) is 65.4 cm³/mol. The molecule has 0 fully saturated rings. The van der Waals surface area contributed by atoms with E-state index >= 15 is 0 Å². The molecule has 1 N–H and O–H groups in total. The van der Waals surface area contributed by atoms with Crippen molar-refractivity contribution in [3.05, 3.63) is 47.2 Å². The zero-order chi connectivity index (χ0) is 12.5. The number of hydrogen-bond acceptors (Lipinski definition) is 4. The third-order valence-corrected chi connectivity index (χ3v) is 3.40. The van der Waals surface area contributed by atoms with Crippen molar-refractivity contribution >= 4 is 11.7 Å². The molecular formula is C14H13NO3. The molecule has 0 radical (unpaired) electrons. The van der Waals surface area contributed by atoms with Crippen LogP contribution in [0.3, 0.4) is 0 Å². The normalized spacial score (nSPS) is 25.2. The van der Waals surface area contributed by atoms with Crippen LogP contribution in [0.2, 0.25) is 0 Å². The second-order valence-electron chi connectivity index (χ2n) is 4.50. The van der Waals surface area contributed by atoms with Crippen LogP contribution in [0.5, 0.6) is 0 Å². The van der Waals surface area contributed by atoms with Gasteiger partial charge in [-0.15, -0.1) is 0 Å². The molecule has 4 nitrogen and oxygen atoms in total. The summed E-state index contributed by atoms with van der Waals surface area (Å²) in [5.74, 6) is 0.636. The van der Waals surface area contributed by atoms with Crippen molar-refractivity contribution in [2.45, 2.75) is 25.2 Å². The molecule has 18 heavy (non-hydrogen) atoms. The van der Waals surface area contributed by atoms with E-state index in [4.69, 9.17) is 9.94 Å². The summed E-state index contributed by atoms with van der Waals surface area (Å²) < 4.78 is 5.51. The monoisotopic (exact) mass is 243 g/mol. The molecule has 0 aromatic heterocycles. The van der Waals surface area contributed by atoms with Crippen LogP contribution in [0.15, 0.2) is 46.8 Å². The van der Waals surface area contributed by atoms with Gasteiger partial charge in [0.05, 0.1) is 11.5 Å². The Bertz CT molecular complexity index is 545. The minimum absolute atomic E-state index is 0.101. The van der Waals surface area contributed by atoms with Crippen molar-refractivity contribution in [1.82, 2.24) is 0 Å². The average molecular weight is 243 g/mol. The first kappa shape index (κ1) is 11.0. The summed E-state index contributed by atoms with van der Waals surface area (Å²) in [5, 5.41) is 12.3. The molecule has 1 aliphatic heterocycles. The molecule has 1 heterocycles. The van der Waals surface area contributed by atoms with E-state index in [0.29, 0.717) is 17.8 Å². The standard InChI is InChI=1S/C14H13NO3/c16-10-7-4-8-11-13(10)12(14(15-17)18-11)9-5-2-1-3-6-9/h1-3,5-6,12,17H,4,7-8H2/b15-14+/t12-/m1/s1. The first-order valence-corrected chi connectivity index (χ1v) is 6.02. The molecule has 1 atom stereocenters. The highest BCUT2D eigenvalue weighted by molar-refractivity contribution is 6.07. The average Bonchev–Trinajstić information content (AvgIpc) is 2.79. The number of ketones is 1. The maximum Gasteiger partial charge on any atom is 0.242 e. The minimum Gasteiger partial charge on any atom is -0.443 e. The summed E-state index contributed by atoms with van der Waals surface area (Å²) in [6.07, 6.45) is 2.09. The molecule has 0 saturated heterocycles. The molecular weight excluding hydrogens is 230 g/mol. The lowest BCUT2D eigenvalue weighted by Crippen LogP contribution is -2.16. The molecule has 1 aromatic rings. The summed E-state index contributed by atoms with van der Waals surface area (Å²) in [7, 11) is 0. The molecule has 4 heteroatoms. The van der Waals surface area contributed by atoms with Crippen LogP contribution in [0.1, 0.15) is 30.7 Å². The molecule has 3 rings (SSSR count). The molecule has 1 aromatic carbocycles. The SMILES string of the molecule is O=C1CCCC2=C1[C@@H](c1ccccc1)/C(=N\O)O2. The van der Waals surface area contributed by atoms with Gasteiger partial charge in [0.25, 0.3) is 0 Å². The van der Waals surface area contributed by atoms with Crippen molar-refractivity contribution in [3.63, 3.8) is 0 Å². The summed E-state index contributed by atoms with van der Waals surface area (Å²) >= 11 is 0. The number of Topliss-reactive ketones (excluding diaryl/α,β-unsaturated/α-hetero) is 1. The molecule has 92 valence electrons. The fourth-order valence-electron chi connectivity index (χ4n) is 2.60. The van der Waals surface area contributed by atoms with Crippen LogP contribution in [0.4, 0.5) is 0 Å². The number of nitrogens with zero attached hydrogens (tertiary/aromatic N) is 1. The van der Waals surface area contributed by atoms with Crippen molar-refractivity contribution < 1.29 is 14.7 Å². The van der Waals surface area contributed by atoms with Gasteiger partial charge in [-0.1, -0.05) is 35.5 Å². The van der Waals surface area contributed by atoms with E-state index in [9.17, 15) is 4.79 Å².